The van der Waals surface area contributed by atoms with Crippen molar-refractivity contribution >= 4 is 0 Å². The molecule has 0 radical (unpaired) electrons. The van der Waals surface area contributed by atoms with Crippen molar-refractivity contribution in [3.8, 4) is 0 Å². The molecule has 1 atom stereocenters. The molecule has 18 heavy (non-hydrogen) atoms. The van der Waals surface area contributed by atoms with Gasteiger partial charge in [-0.1, -0.05) is 24.3 Å². The van der Waals surface area contributed by atoms with Gasteiger partial charge in [0.1, 0.15) is 0 Å². The lowest BCUT2D eigenvalue weighted by Crippen LogP contribution is -2.32. The minimum atomic E-state index is 0.460. The zero-order chi connectivity index (χ0) is 12.4. The predicted molar refractivity (Wildman–Crippen MR) is 73.2 cm³/mol. The fourth-order valence-corrected chi connectivity index (χ4v) is 2.70. The molecule has 0 fully saturated rings. The number of rotatable bonds is 2. The molecule has 2 nitrogen and oxygen atoms in total. The maximum Gasteiger partial charge on any atom is 0.0324 e. The Hall–Kier alpha value is -1.67. The second-order valence-corrected chi connectivity index (χ2v) is 4.95. The minimum absolute atomic E-state index is 0.460. The quantitative estimate of drug-likeness (QED) is 0.798. The molecule has 1 aliphatic heterocycles. The molecule has 92 valence electrons. The van der Waals surface area contributed by atoms with Crippen LogP contribution < -0.4 is 0 Å². The highest BCUT2D eigenvalue weighted by atomic mass is 15.2. The van der Waals surface area contributed by atoms with E-state index in [1.807, 2.05) is 12.4 Å². The van der Waals surface area contributed by atoms with Gasteiger partial charge in [-0.2, -0.15) is 0 Å². The maximum atomic E-state index is 4.09. The summed E-state index contributed by atoms with van der Waals surface area (Å²) in [7, 11) is 0. The van der Waals surface area contributed by atoms with E-state index in [4.69, 9.17) is 0 Å². The van der Waals surface area contributed by atoms with Gasteiger partial charge in [0.05, 0.1) is 0 Å². The third kappa shape index (κ3) is 2.16. The number of pyridine rings is 1. The number of hydrogen-bond donors (Lipinski definition) is 0. The van der Waals surface area contributed by atoms with Gasteiger partial charge in [0, 0.05) is 31.5 Å². The Morgan fingerprint density at radius 3 is 2.56 bits per heavy atom. The summed E-state index contributed by atoms with van der Waals surface area (Å²) in [6.07, 6.45) is 4.92. The van der Waals surface area contributed by atoms with Crippen LogP contribution in [0.15, 0.2) is 48.8 Å². The van der Waals surface area contributed by atoms with Crippen LogP contribution in [-0.2, 0) is 13.0 Å². The Morgan fingerprint density at radius 2 is 1.78 bits per heavy atom. The minimum Gasteiger partial charge on any atom is -0.292 e. The fraction of sp³-hybridized carbons (Fsp3) is 0.312. The van der Waals surface area contributed by atoms with Crippen molar-refractivity contribution in [3.63, 3.8) is 0 Å². The van der Waals surface area contributed by atoms with Crippen molar-refractivity contribution in [2.45, 2.75) is 25.9 Å². The Kier molecular flexibility index (Phi) is 3.11. The Labute approximate surface area is 108 Å². The number of fused-ring (bicyclic) bond motifs is 1. The van der Waals surface area contributed by atoms with Gasteiger partial charge in [0.2, 0.25) is 0 Å². The van der Waals surface area contributed by atoms with E-state index in [2.05, 4.69) is 53.2 Å². The number of aromatic nitrogens is 1. The van der Waals surface area contributed by atoms with Gasteiger partial charge in [-0.05, 0) is 42.2 Å². The van der Waals surface area contributed by atoms with Crippen molar-refractivity contribution in [1.29, 1.82) is 0 Å². The van der Waals surface area contributed by atoms with Crippen LogP contribution in [0.3, 0.4) is 0 Å². The van der Waals surface area contributed by atoms with Crippen molar-refractivity contribution in [2.24, 2.45) is 0 Å². The van der Waals surface area contributed by atoms with Crippen molar-refractivity contribution in [1.82, 2.24) is 9.88 Å². The van der Waals surface area contributed by atoms with E-state index in [1.165, 1.54) is 16.7 Å². The van der Waals surface area contributed by atoms with Gasteiger partial charge >= 0.3 is 0 Å². The lowest BCUT2D eigenvalue weighted by molar-refractivity contribution is 0.192. The van der Waals surface area contributed by atoms with Crippen LogP contribution in [0.2, 0.25) is 0 Å². The topological polar surface area (TPSA) is 16.1 Å². The SMILES string of the molecule is CC(c1ccncc1)N1CCc2ccccc2C1. The molecule has 0 N–H and O–H groups in total. The van der Waals surface area contributed by atoms with E-state index in [1.54, 1.807) is 0 Å². The van der Waals surface area contributed by atoms with Crippen LogP contribution in [0.5, 0.6) is 0 Å². The molecule has 2 aromatic rings. The Bertz CT molecular complexity index is 522. The molecule has 1 aromatic heterocycles. The third-order valence-corrected chi connectivity index (χ3v) is 3.90. The molecule has 0 saturated carbocycles. The van der Waals surface area contributed by atoms with Crippen molar-refractivity contribution < 1.29 is 0 Å². The summed E-state index contributed by atoms with van der Waals surface area (Å²) in [5, 5.41) is 0. The van der Waals surface area contributed by atoms with Gasteiger partial charge in [-0.25, -0.2) is 0 Å². The van der Waals surface area contributed by atoms with Crippen LogP contribution in [0.1, 0.15) is 29.7 Å². The molecule has 0 amide bonds. The first kappa shape index (κ1) is 11.4. The first-order valence-electron chi connectivity index (χ1n) is 6.55. The molecule has 2 heteroatoms. The first-order chi connectivity index (χ1) is 8.84. The Morgan fingerprint density at radius 1 is 1.06 bits per heavy atom. The predicted octanol–water partition coefficient (Wildman–Crippen LogP) is 3.20. The van der Waals surface area contributed by atoms with Gasteiger partial charge in [-0.15, -0.1) is 0 Å². The monoisotopic (exact) mass is 238 g/mol. The molecule has 0 bridgehead atoms. The van der Waals surface area contributed by atoms with Gasteiger partial charge in [-0.3, -0.25) is 9.88 Å². The summed E-state index contributed by atoms with van der Waals surface area (Å²) in [6.45, 7) is 4.48. The average molecular weight is 238 g/mol. The molecule has 0 aliphatic carbocycles. The number of hydrogen-bond acceptors (Lipinski definition) is 2. The molecular weight excluding hydrogens is 220 g/mol. The highest BCUT2D eigenvalue weighted by Crippen LogP contribution is 2.26. The summed E-state index contributed by atoms with van der Waals surface area (Å²) < 4.78 is 0. The zero-order valence-corrected chi connectivity index (χ0v) is 10.7. The summed E-state index contributed by atoms with van der Waals surface area (Å²) >= 11 is 0. The molecular formula is C16H18N2. The third-order valence-electron chi connectivity index (χ3n) is 3.90. The molecule has 2 heterocycles. The first-order valence-corrected chi connectivity index (χ1v) is 6.55. The average Bonchev–Trinajstić information content (AvgIpc) is 2.47. The van der Waals surface area contributed by atoms with Crippen molar-refractivity contribution in [3.05, 3.63) is 65.5 Å². The van der Waals surface area contributed by atoms with Gasteiger partial charge in [0.15, 0.2) is 0 Å². The summed E-state index contributed by atoms with van der Waals surface area (Å²) in [4.78, 5) is 6.63. The van der Waals surface area contributed by atoms with Gasteiger partial charge < -0.3 is 0 Å². The van der Waals surface area contributed by atoms with Crippen molar-refractivity contribution in [2.75, 3.05) is 6.54 Å². The normalized spacial score (nSPS) is 17.2. The number of nitrogens with zero attached hydrogens (tertiary/aromatic N) is 2. The van der Waals surface area contributed by atoms with Crippen LogP contribution in [0.4, 0.5) is 0 Å². The van der Waals surface area contributed by atoms with E-state index in [-0.39, 0.29) is 0 Å². The number of benzene rings is 1. The van der Waals surface area contributed by atoms with Crippen LogP contribution in [0.25, 0.3) is 0 Å². The molecule has 1 aromatic carbocycles. The lowest BCUT2D eigenvalue weighted by atomic mass is 9.97. The Balaban J connectivity index is 1.80. The molecule has 1 unspecified atom stereocenters. The summed E-state index contributed by atoms with van der Waals surface area (Å²) in [6, 6.07) is 13.5. The van der Waals surface area contributed by atoms with Crippen LogP contribution >= 0.6 is 0 Å². The molecule has 0 saturated heterocycles. The summed E-state index contributed by atoms with van der Waals surface area (Å²) in [5.41, 5.74) is 4.34. The van der Waals surface area contributed by atoms with E-state index in [0.29, 0.717) is 6.04 Å². The van der Waals surface area contributed by atoms with E-state index >= 15 is 0 Å². The van der Waals surface area contributed by atoms with E-state index in [9.17, 15) is 0 Å². The maximum absolute atomic E-state index is 4.09. The van der Waals surface area contributed by atoms with Crippen LogP contribution in [0, 0.1) is 0 Å². The standard InChI is InChI=1S/C16H18N2/c1-13(14-6-9-17-10-7-14)18-11-8-15-4-2-3-5-16(15)12-18/h2-7,9-10,13H,8,11-12H2,1H3. The van der Waals surface area contributed by atoms with Gasteiger partial charge in [0.25, 0.3) is 0 Å². The molecule has 3 rings (SSSR count). The van der Waals surface area contributed by atoms with Crippen LogP contribution in [-0.4, -0.2) is 16.4 Å². The fourth-order valence-electron chi connectivity index (χ4n) is 2.70. The van der Waals surface area contributed by atoms with E-state index in [0.717, 1.165) is 19.5 Å². The zero-order valence-electron chi connectivity index (χ0n) is 10.7. The van der Waals surface area contributed by atoms with E-state index < -0.39 is 0 Å². The largest absolute Gasteiger partial charge is 0.292 e. The lowest BCUT2D eigenvalue weighted by Gasteiger charge is -2.33. The summed E-state index contributed by atoms with van der Waals surface area (Å²) in [5.74, 6) is 0. The second kappa shape index (κ2) is 4.91. The molecule has 0 spiro atoms. The highest BCUT2D eigenvalue weighted by molar-refractivity contribution is 5.29. The second-order valence-electron chi connectivity index (χ2n) is 4.95. The molecule has 1 aliphatic rings. The smallest absolute Gasteiger partial charge is 0.0324 e. The highest BCUT2D eigenvalue weighted by Gasteiger charge is 2.21.